The van der Waals surface area contributed by atoms with Crippen LogP contribution in [0.1, 0.15) is 24.8 Å². The Morgan fingerprint density at radius 3 is 2.80 bits per heavy atom. The van der Waals surface area contributed by atoms with E-state index in [9.17, 15) is 23.1 Å². The van der Waals surface area contributed by atoms with Crippen LogP contribution in [0.3, 0.4) is 0 Å². The van der Waals surface area contributed by atoms with Gasteiger partial charge in [0.15, 0.2) is 0 Å². The molecule has 2 aliphatic heterocycles. The minimum atomic E-state index is -3.77. The number of carbonyl (C=O) groups excluding carboxylic acids is 1. The van der Waals surface area contributed by atoms with Crippen molar-refractivity contribution in [3.63, 3.8) is 0 Å². The van der Waals surface area contributed by atoms with Crippen LogP contribution in [-0.4, -0.2) is 49.8 Å². The van der Waals surface area contributed by atoms with E-state index in [0.717, 1.165) is 18.5 Å². The third-order valence-corrected chi connectivity index (χ3v) is 7.84. The highest BCUT2D eigenvalue weighted by Gasteiger charge is 2.57. The summed E-state index contributed by atoms with van der Waals surface area (Å²) in [5.41, 5.74) is 0.477. The number of likely N-dealkylation sites (N-methyl/N-ethyl adjacent to an activating group) is 1. The molecule has 2 fully saturated rings. The lowest BCUT2D eigenvalue weighted by Gasteiger charge is -2.23. The third kappa shape index (κ3) is 2.23. The number of amides is 1. The van der Waals surface area contributed by atoms with Gasteiger partial charge in [-0.1, -0.05) is 6.42 Å². The normalized spacial score (nSPS) is 29.1. The third-order valence-electron chi connectivity index (χ3n) is 6.03. The molecule has 134 valence electrons. The van der Waals surface area contributed by atoms with Crippen LogP contribution in [-0.2, 0) is 26.0 Å². The molecule has 1 aliphatic carbocycles. The van der Waals surface area contributed by atoms with Crippen LogP contribution < -0.4 is 4.90 Å². The van der Waals surface area contributed by atoms with Gasteiger partial charge in [0, 0.05) is 25.8 Å². The standard InChI is InChI=1S/C17H20N2O5S/c1-18-14-5-4-13(7-11(14)8-15(18)20)25(23,24)19-9-12-3-2-6-17(12,10-19)16(21)22/h4-5,7,12H,2-3,6,8-10H2,1H3,(H,21,22)/t12-,17+/m0/s1. The number of carboxylic acid groups (broad SMARTS) is 1. The van der Waals surface area contributed by atoms with Gasteiger partial charge in [-0.3, -0.25) is 9.59 Å². The van der Waals surface area contributed by atoms with E-state index in [4.69, 9.17) is 0 Å². The van der Waals surface area contributed by atoms with Gasteiger partial charge >= 0.3 is 5.97 Å². The Hall–Kier alpha value is -1.93. The van der Waals surface area contributed by atoms with Gasteiger partial charge in [0.2, 0.25) is 15.9 Å². The van der Waals surface area contributed by atoms with Crippen molar-refractivity contribution in [2.45, 2.75) is 30.6 Å². The van der Waals surface area contributed by atoms with Gasteiger partial charge in [-0.25, -0.2) is 8.42 Å². The molecule has 0 bridgehead atoms. The Balaban J connectivity index is 1.67. The maximum atomic E-state index is 13.0. The Labute approximate surface area is 146 Å². The van der Waals surface area contributed by atoms with Crippen LogP contribution in [0, 0.1) is 11.3 Å². The van der Waals surface area contributed by atoms with Gasteiger partial charge in [0.25, 0.3) is 0 Å². The van der Waals surface area contributed by atoms with Crippen LogP contribution in [0.25, 0.3) is 0 Å². The number of sulfonamides is 1. The zero-order chi connectivity index (χ0) is 18.0. The van der Waals surface area contributed by atoms with Crippen LogP contribution in [0.4, 0.5) is 5.69 Å². The summed E-state index contributed by atoms with van der Waals surface area (Å²) in [6.07, 6.45) is 2.30. The van der Waals surface area contributed by atoms with Gasteiger partial charge in [-0.05, 0) is 42.5 Å². The molecule has 1 amide bonds. The smallest absolute Gasteiger partial charge is 0.311 e. The number of nitrogens with zero attached hydrogens (tertiary/aromatic N) is 2. The fourth-order valence-electron chi connectivity index (χ4n) is 4.53. The van der Waals surface area contributed by atoms with E-state index >= 15 is 0 Å². The number of carboxylic acids is 1. The molecule has 0 spiro atoms. The maximum absolute atomic E-state index is 13.0. The minimum absolute atomic E-state index is 0.0330. The number of carbonyl (C=O) groups is 2. The highest BCUT2D eigenvalue weighted by molar-refractivity contribution is 7.89. The molecule has 8 heteroatoms. The molecule has 0 aromatic heterocycles. The van der Waals surface area contributed by atoms with Crippen LogP contribution in [0.5, 0.6) is 0 Å². The average molecular weight is 364 g/mol. The van der Waals surface area contributed by atoms with Gasteiger partial charge in [-0.15, -0.1) is 0 Å². The van der Waals surface area contributed by atoms with Crippen LogP contribution >= 0.6 is 0 Å². The summed E-state index contributed by atoms with van der Waals surface area (Å²) in [4.78, 5) is 25.2. The van der Waals surface area contributed by atoms with E-state index in [1.54, 1.807) is 19.2 Å². The first kappa shape index (κ1) is 16.5. The summed E-state index contributed by atoms with van der Waals surface area (Å²) in [5, 5.41) is 9.65. The molecule has 1 aromatic rings. The summed E-state index contributed by atoms with van der Waals surface area (Å²) < 4.78 is 27.4. The number of fused-ring (bicyclic) bond motifs is 2. The van der Waals surface area contributed by atoms with Gasteiger partial charge in [0.1, 0.15) is 0 Å². The summed E-state index contributed by atoms with van der Waals surface area (Å²) in [5.74, 6) is -1.08. The van der Waals surface area contributed by atoms with E-state index in [0.29, 0.717) is 12.0 Å². The van der Waals surface area contributed by atoms with Gasteiger partial charge in [0.05, 0.1) is 16.7 Å². The lowest BCUT2D eigenvalue weighted by Crippen LogP contribution is -2.37. The molecule has 4 rings (SSSR count). The van der Waals surface area contributed by atoms with Crippen molar-refractivity contribution >= 4 is 27.6 Å². The summed E-state index contributed by atoms with van der Waals surface area (Å²) in [7, 11) is -2.10. The lowest BCUT2D eigenvalue weighted by molar-refractivity contribution is -0.149. The predicted molar refractivity (Wildman–Crippen MR) is 89.7 cm³/mol. The van der Waals surface area contributed by atoms with Crippen LogP contribution in [0.15, 0.2) is 23.1 Å². The molecular weight excluding hydrogens is 344 g/mol. The SMILES string of the molecule is CN1C(=O)Cc2cc(S(=O)(=O)N3C[C@@H]4CCC[C@@]4(C(=O)O)C3)ccc21. The molecule has 7 nitrogen and oxygen atoms in total. The molecule has 1 saturated carbocycles. The van der Waals surface area contributed by atoms with E-state index in [1.165, 1.54) is 15.3 Å². The quantitative estimate of drug-likeness (QED) is 0.866. The number of anilines is 1. The van der Waals surface area contributed by atoms with Crippen molar-refractivity contribution in [1.82, 2.24) is 4.31 Å². The predicted octanol–water partition coefficient (Wildman–Crippen LogP) is 1.08. The summed E-state index contributed by atoms with van der Waals surface area (Å²) >= 11 is 0. The van der Waals surface area contributed by atoms with Crippen molar-refractivity contribution in [2.75, 3.05) is 25.0 Å². The second-order valence-corrected chi connectivity index (χ2v) is 9.21. The molecule has 1 aromatic carbocycles. The Kier molecular flexibility index (Phi) is 3.49. The average Bonchev–Trinajstić information content (AvgIpc) is 3.19. The van der Waals surface area contributed by atoms with E-state index in [1.807, 2.05) is 0 Å². The summed E-state index contributed by atoms with van der Waals surface area (Å²) in [6, 6.07) is 4.70. The molecule has 0 unspecified atom stereocenters. The van der Waals surface area contributed by atoms with E-state index < -0.39 is 21.4 Å². The first-order valence-electron chi connectivity index (χ1n) is 8.39. The molecule has 2 heterocycles. The number of benzene rings is 1. The molecular formula is C17H20N2O5S. The number of aliphatic carboxylic acids is 1. The number of rotatable bonds is 3. The summed E-state index contributed by atoms with van der Waals surface area (Å²) in [6.45, 7) is 0.288. The maximum Gasteiger partial charge on any atom is 0.311 e. The number of hydrogen-bond acceptors (Lipinski definition) is 4. The van der Waals surface area contributed by atoms with Gasteiger partial charge in [-0.2, -0.15) is 4.31 Å². The second-order valence-electron chi connectivity index (χ2n) is 7.27. The van der Waals surface area contributed by atoms with Crippen molar-refractivity contribution in [3.8, 4) is 0 Å². The zero-order valence-corrected chi connectivity index (χ0v) is 14.8. The Morgan fingerprint density at radius 1 is 1.36 bits per heavy atom. The lowest BCUT2D eigenvalue weighted by atomic mass is 9.81. The highest BCUT2D eigenvalue weighted by Crippen LogP contribution is 2.50. The fourth-order valence-corrected chi connectivity index (χ4v) is 6.14. The first-order valence-corrected chi connectivity index (χ1v) is 9.83. The van der Waals surface area contributed by atoms with Crippen molar-refractivity contribution in [1.29, 1.82) is 0 Å². The topological polar surface area (TPSA) is 95.0 Å². The zero-order valence-electron chi connectivity index (χ0n) is 13.9. The minimum Gasteiger partial charge on any atom is -0.481 e. The molecule has 1 N–H and O–H groups in total. The number of hydrogen-bond donors (Lipinski definition) is 1. The highest BCUT2D eigenvalue weighted by atomic mass is 32.2. The molecule has 2 atom stereocenters. The van der Waals surface area contributed by atoms with E-state index in [2.05, 4.69) is 0 Å². The molecule has 25 heavy (non-hydrogen) atoms. The van der Waals surface area contributed by atoms with Crippen molar-refractivity contribution in [3.05, 3.63) is 23.8 Å². The molecule has 1 saturated heterocycles. The Morgan fingerprint density at radius 2 is 2.12 bits per heavy atom. The van der Waals surface area contributed by atoms with Crippen molar-refractivity contribution in [2.24, 2.45) is 11.3 Å². The Bertz CT molecular complexity index is 881. The van der Waals surface area contributed by atoms with Crippen LogP contribution in [0.2, 0.25) is 0 Å². The van der Waals surface area contributed by atoms with Gasteiger partial charge < -0.3 is 10.0 Å². The van der Waals surface area contributed by atoms with Crippen molar-refractivity contribution < 1.29 is 23.1 Å². The largest absolute Gasteiger partial charge is 0.481 e. The molecule has 3 aliphatic rings. The second kappa shape index (κ2) is 5.28. The fraction of sp³-hybridized carbons (Fsp3) is 0.529. The monoisotopic (exact) mass is 364 g/mol. The first-order chi connectivity index (χ1) is 11.8. The van der Waals surface area contributed by atoms with E-state index in [-0.39, 0.29) is 36.2 Å². The molecule has 0 radical (unpaired) electrons.